The van der Waals surface area contributed by atoms with E-state index in [0.29, 0.717) is 17.5 Å². The first kappa shape index (κ1) is 35.5. The molecule has 0 N–H and O–H groups in total. The van der Waals surface area contributed by atoms with Crippen LogP contribution in [0.5, 0.6) is 0 Å². The number of allylic oxidation sites excluding steroid dienone is 4. The van der Waals surface area contributed by atoms with Gasteiger partial charge in [-0.15, -0.1) is 0 Å². The van der Waals surface area contributed by atoms with Crippen molar-refractivity contribution >= 4 is 38.3 Å². The third-order valence-electron chi connectivity index (χ3n) is 12.0. The van der Waals surface area contributed by atoms with E-state index in [1.54, 1.807) is 0 Å². The molecule has 0 amide bonds. The highest BCUT2D eigenvalue weighted by atomic mass is 16.3. The third-order valence-corrected chi connectivity index (χ3v) is 12.0. The van der Waals surface area contributed by atoms with Gasteiger partial charge in [0.05, 0.1) is 0 Å². The third kappa shape index (κ3) is 6.21. The molecule has 1 unspecified atom stereocenters. The highest BCUT2D eigenvalue weighted by Crippen LogP contribution is 2.44. The molecule has 4 nitrogen and oxygen atoms in total. The highest BCUT2D eigenvalue weighted by Gasteiger charge is 2.27. The van der Waals surface area contributed by atoms with Crippen molar-refractivity contribution < 1.29 is 4.42 Å². The van der Waals surface area contributed by atoms with E-state index in [9.17, 15) is 0 Å². The second kappa shape index (κ2) is 14.6. The fraction of sp³-hybridized carbons (Fsp3) is 0.0536. The predicted molar refractivity (Wildman–Crippen MR) is 247 cm³/mol. The van der Waals surface area contributed by atoms with Crippen molar-refractivity contribution in [3.63, 3.8) is 0 Å². The zero-order chi connectivity index (χ0) is 40.0. The van der Waals surface area contributed by atoms with Gasteiger partial charge in [-0.2, -0.15) is 0 Å². The van der Waals surface area contributed by atoms with Crippen LogP contribution in [-0.2, 0) is 5.41 Å². The Balaban J connectivity index is 1.09. The molecule has 0 bridgehead atoms. The van der Waals surface area contributed by atoms with Crippen molar-refractivity contribution in [2.45, 2.75) is 18.8 Å². The average molecular weight is 770 g/mol. The Morgan fingerprint density at radius 1 is 0.433 bits per heavy atom. The van der Waals surface area contributed by atoms with Crippen LogP contribution in [0.3, 0.4) is 0 Å². The standard InChI is InChI=1S/C56H39N3O/c1-56(42-19-9-4-10-20-42)35-33-41(34-36-56)54-57-53(40-29-27-38(28-30-40)37-15-5-2-6-16-37)58-55(59-54)49-32-31-47(52-51(49)48-21-11-12-26-50(48)60-52)46-25-14-23-44-43(22-13-24-45(44)46)39-17-7-3-8-18-39/h2-35H,36H2,1H3. The van der Waals surface area contributed by atoms with E-state index in [4.69, 9.17) is 19.4 Å². The van der Waals surface area contributed by atoms with Crippen LogP contribution in [-0.4, -0.2) is 15.0 Å². The Kier molecular flexibility index (Phi) is 8.63. The summed E-state index contributed by atoms with van der Waals surface area (Å²) in [7, 11) is 0. The molecule has 8 aromatic carbocycles. The van der Waals surface area contributed by atoms with E-state index in [-0.39, 0.29) is 5.41 Å². The highest BCUT2D eigenvalue weighted by molar-refractivity contribution is 6.18. The summed E-state index contributed by atoms with van der Waals surface area (Å²) in [4.78, 5) is 15.7. The van der Waals surface area contributed by atoms with Gasteiger partial charge in [0.1, 0.15) is 11.2 Å². The van der Waals surface area contributed by atoms with Crippen LogP contribution in [0.2, 0.25) is 0 Å². The minimum Gasteiger partial charge on any atom is -0.455 e. The first-order chi connectivity index (χ1) is 29.6. The minimum atomic E-state index is -0.127. The van der Waals surface area contributed by atoms with Crippen LogP contribution in [0, 0.1) is 0 Å². The summed E-state index contributed by atoms with van der Waals surface area (Å²) in [6, 6.07) is 65.9. The minimum absolute atomic E-state index is 0.127. The summed E-state index contributed by atoms with van der Waals surface area (Å²) in [5, 5.41) is 4.35. The quantitative estimate of drug-likeness (QED) is 0.162. The molecule has 284 valence electrons. The Bertz CT molecular complexity index is 3280. The molecule has 0 radical (unpaired) electrons. The SMILES string of the molecule is CC1(c2ccccc2)C=CC(c2nc(-c3ccc(-c4ccccc4)cc3)nc(-c3ccc(-c4cccc5c(-c6ccccc6)cccc45)c4oc5ccccc5c34)n2)=CC1. The Hall–Kier alpha value is -7.69. The van der Waals surface area contributed by atoms with Crippen molar-refractivity contribution in [3.05, 3.63) is 218 Å². The van der Waals surface area contributed by atoms with Crippen LogP contribution in [0.25, 0.3) is 94.4 Å². The summed E-state index contributed by atoms with van der Waals surface area (Å²) >= 11 is 0. The molecule has 0 saturated heterocycles. The van der Waals surface area contributed by atoms with Gasteiger partial charge in [-0.05, 0) is 68.8 Å². The maximum atomic E-state index is 6.85. The first-order valence-corrected chi connectivity index (χ1v) is 20.5. The number of aromatic nitrogens is 3. The number of para-hydroxylation sites is 1. The average Bonchev–Trinajstić information content (AvgIpc) is 3.72. The smallest absolute Gasteiger partial charge is 0.164 e. The molecule has 0 spiro atoms. The zero-order valence-electron chi connectivity index (χ0n) is 33.1. The Labute approximate surface area is 348 Å². The largest absolute Gasteiger partial charge is 0.455 e. The number of hydrogen-bond acceptors (Lipinski definition) is 4. The molecular weight excluding hydrogens is 731 g/mol. The Morgan fingerprint density at radius 2 is 1.00 bits per heavy atom. The van der Waals surface area contributed by atoms with Gasteiger partial charge in [0, 0.05) is 38.5 Å². The van der Waals surface area contributed by atoms with Crippen molar-refractivity contribution in [3.8, 4) is 56.2 Å². The van der Waals surface area contributed by atoms with Gasteiger partial charge in [-0.1, -0.05) is 195 Å². The molecule has 4 heteroatoms. The lowest BCUT2D eigenvalue weighted by Gasteiger charge is -2.28. The van der Waals surface area contributed by atoms with Crippen LogP contribution >= 0.6 is 0 Å². The fourth-order valence-electron chi connectivity index (χ4n) is 8.77. The number of benzene rings is 8. The number of fused-ring (bicyclic) bond motifs is 4. The topological polar surface area (TPSA) is 51.8 Å². The van der Waals surface area contributed by atoms with Gasteiger partial charge < -0.3 is 4.42 Å². The maximum absolute atomic E-state index is 6.85. The van der Waals surface area contributed by atoms with Crippen molar-refractivity contribution in [2.24, 2.45) is 0 Å². The molecule has 0 aliphatic heterocycles. The molecule has 60 heavy (non-hydrogen) atoms. The fourth-order valence-corrected chi connectivity index (χ4v) is 8.77. The normalized spacial score (nSPS) is 15.1. The van der Waals surface area contributed by atoms with Crippen LogP contribution in [0.15, 0.2) is 211 Å². The van der Waals surface area contributed by atoms with Crippen molar-refractivity contribution in [2.75, 3.05) is 0 Å². The van der Waals surface area contributed by atoms with E-state index in [2.05, 4.69) is 195 Å². The molecule has 11 rings (SSSR count). The summed E-state index contributed by atoms with van der Waals surface area (Å²) in [6.45, 7) is 2.28. The summed E-state index contributed by atoms with van der Waals surface area (Å²) < 4.78 is 6.85. The van der Waals surface area contributed by atoms with Crippen LogP contribution in [0.1, 0.15) is 24.7 Å². The lowest BCUT2D eigenvalue weighted by atomic mass is 9.76. The molecular formula is C56H39N3O. The second-order valence-electron chi connectivity index (χ2n) is 15.8. The number of nitrogens with zero attached hydrogens (tertiary/aromatic N) is 3. The van der Waals surface area contributed by atoms with E-state index in [1.807, 2.05) is 18.2 Å². The van der Waals surface area contributed by atoms with E-state index in [1.165, 1.54) is 22.1 Å². The van der Waals surface area contributed by atoms with Gasteiger partial charge in [0.25, 0.3) is 0 Å². The lowest BCUT2D eigenvalue weighted by Crippen LogP contribution is -2.20. The molecule has 10 aromatic rings. The van der Waals surface area contributed by atoms with Gasteiger partial charge in [-0.25, -0.2) is 15.0 Å². The predicted octanol–water partition coefficient (Wildman–Crippen LogP) is 14.6. The number of furan rings is 1. The second-order valence-corrected chi connectivity index (χ2v) is 15.8. The summed E-state index contributed by atoms with van der Waals surface area (Å²) in [5.74, 6) is 1.86. The van der Waals surface area contributed by atoms with Gasteiger partial charge in [0.2, 0.25) is 0 Å². The first-order valence-electron chi connectivity index (χ1n) is 20.5. The lowest BCUT2D eigenvalue weighted by molar-refractivity contribution is 0.601. The molecule has 2 heterocycles. The Morgan fingerprint density at radius 3 is 1.73 bits per heavy atom. The van der Waals surface area contributed by atoms with E-state index >= 15 is 0 Å². The van der Waals surface area contributed by atoms with Crippen molar-refractivity contribution in [1.82, 2.24) is 15.0 Å². The monoisotopic (exact) mass is 769 g/mol. The number of rotatable bonds is 7. The molecule has 0 fully saturated rings. The van der Waals surface area contributed by atoms with E-state index < -0.39 is 0 Å². The molecule has 1 aliphatic carbocycles. The van der Waals surface area contributed by atoms with E-state index in [0.717, 1.165) is 72.7 Å². The van der Waals surface area contributed by atoms with Crippen molar-refractivity contribution in [1.29, 1.82) is 0 Å². The molecule has 2 aromatic heterocycles. The molecule has 1 atom stereocenters. The molecule has 0 saturated carbocycles. The molecule has 1 aliphatic rings. The van der Waals surface area contributed by atoms with Crippen LogP contribution < -0.4 is 0 Å². The van der Waals surface area contributed by atoms with Gasteiger partial charge in [-0.3, -0.25) is 0 Å². The van der Waals surface area contributed by atoms with Gasteiger partial charge >= 0.3 is 0 Å². The maximum Gasteiger partial charge on any atom is 0.164 e. The summed E-state index contributed by atoms with van der Waals surface area (Å²) in [6.07, 6.45) is 7.56. The zero-order valence-corrected chi connectivity index (χ0v) is 33.1. The summed E-state index contributed by atoms with van der Waals surface area (Å²) in [5.41, 5.74) is 12.4. The number of hydrogen-bond donors (Lipinski definition) is 0. The van der Waals surface area contributed by atoms with Crippen LogP contribution in [0.4, 0.5) is 0 Å². The van der Waals surface area contributed by atoms with Gasteiger partial charge in [0.15, 0.2) is 17.5 Å².